The maximum atomic E-state index is 14.1. The van der Waals surface area contributed by atoms with Gasteiger partial charge in [0.2, 0.25) is 11.7 Å². The van der Waals surface area contributed by atoms with Crippen molar-refractivity contribution in [2.24, 2.45) is 0 Å². The zero-order chi connectivity index (χ0) is 24.1. The molecule has 2 rings (SSSR count). The molecule has 2 aromatic rings. The minimum absolute atomic E-state index is 0.0544. The van der Waals surface area contributed by atoms with E-state index in [2.05, 4.69) is 9.72 Å². The average molecular weight is 479 g/mol. The number of ether oxygens (including phenoxy) is 3. The van der Waals surface area contributed by atoms with Crippen molar-refractivity contribution in [2.75, 3.05) is 12.4 Å². The van der Waals surface area contributed by atoms with Crippen molar-refractivity contribution in [1.29, 1.82) is 0 Å². The Morgan fingerprint density at radius 1 is 1.22 bits per heavy atom. The molecule has 1 aromatic carbocycles. The number of anilines is 1. The molecule has 0 saturated heterocycles. The number of rotatable bonds is 8. The molecular formula is C19H15ClF4N2O6. The highest BCUT2D eigenvalue weighted by Gasteiger charge is 2.39. The molecular weight excluding hydrogens is 464 g/mol. The number of pyridine rings is 1. The van der Waals surface area contributed by atoms with Gasteiger partial charge in [0.25, 0.3) is 5.88 Å². The van der Waals surface area contributed by atoms with Crippen LogP contribution in [0.25, 0.3) is 0 Å². The average Bonchev–Trinajstić information content (AvgIpc) is 2.71. The first-order chi connectivity index (χ1) is 14.9. The number of carbonyl (C=O) groups is 3. The van der Waals surface area contributed by atoms with Crippen LogP contribution in [-0.4, -0.2) is 42.0 Å². The Morgan fingerprint density at radius 3 is 2.53 bits per heavy atom. The Balaban J connectivity index is 2.25. The van der Waals surface area contributed by atoms with Gasteiger partial charge in [0, 0.05) is 12.3 Å². The fraction of sp³-hybridized carbons (Fsp3) is 0.263. The predicted molar refractivity (Wildman–Crippen MR) is 102 cm³/mol. The molecule has 0 aliphatic rings. The smallest absolute Gasteiger partial charge is 0.450 e. The minimum atomic E-state index is -5.21. The van der Waals surface area contributed by atoms with Crippen LogP contribution in [0, 0.1) is 5.82 Å². The lowest BCUT2D eigenvalue weighted by Crippen LogP contribution is -2.28. The van der Waals surface area contributed by atoms with Crippen LogP contribution in [-0.2, 0) is 19.1 Å². The lowest BCUT2D eigenvalue weighted by molar-refractivity contribution is -0.171. The number of nitrogens with zero attached hydrogens (tertiary/aromatic N) is 1. The summed E-state index contributed by atoms with van der Waals surface area (Å²) in [5, 5.41) is 1.59. The number of methoxy groups -OCH3 is 1. The Hall–Kier alpha value is -3.41. The summed E-state index contributed by atoms with van der Waals surface area (Å²) in [5.74, 6) is -5.89. The van der Waals surface area contributed by atoms with Crippen molar-refractivity contribution < 1.29 is 46.2 Å². The van der Waals surface area contributed by atoms with Crippen LogP contribution in [0.1, 0.15) is 13.3 Å². The zero-order valence-electron chi connectivity index (χ0n) is 16.5. The van der Waals surface area contributed by atoms with Crippen molar-refractivity contribution in [3.05, 3.63) is 41.3 Å². The highest BCUT2D eigenvalue weighted by molar-refractivity contribution is 6.32. The van der Waals surface area contributed by atoms with Gasteiger partial charge in [-0.2, -0.15) is 13.2 Å². The number of carbonyl (C=O) groups excluding carboxylic acids is 3. The molecule has 1 unspecified atom stereocenters. The van der Waals surface area contributed by atoms with E-state index in [1.807, 2.05) is 5.32 Å². The number of Topliss-reactive ketones (excluding diaryl/α,β-unsaturated/α-hetero) is 1. The summed E-state index contributed by atoms with van der Waals surface area (Å²) in [4.78, 5) is 38.1. The first-order valence-corrected chi connectivity index (χ1v) is 9.06. The van der Waals surface area contributed by atoms with Crippen molar-refractivity contribution in [2.45, 2.75) is 25.6 Å². The third-order valence-corrected chi connectivity index (χ3v) is 4.01. The monoisotopic (exact) mass is 478 g/mol. The lowest BCUT2D eigenvalue weighted by Gasteiger charge is -2.16. The zero-order valence-corrected chi connectivity index (χ0v) is 17.2. The number of hydrogen-bond acceptors (Lipinski definition) is 7. The third kappa shape index (κ3) is 6.54. The van der Waals surface area contributed by atoms with Crippen molar-refractivity contribution in [3.63, 3.8) is 0 Å². The molecule has 0 spiro atoms. The number of benzene rings is 1. The molecule has 1 N–H and O–H groups in total. The maximum Gasteiger partial charge on any atom is 0.450 e. The van der Waals surface area contributed by atoms with Gasteiger partial charge in [-0.25, -0.2) is 14.2 Å². The van der Waals surface area contributed by atoms with E-state index in [0.29, 0.717) is 0 Å². The molecule has 172 valence electrons. The third-order valence-electron chi connectivity index (χ3n) is 3.71. The van der Waals surface area contributed by atoms with Gasteiger partial charge in [0.05, 0.1) is 24.2 Å². The first-order valence-electron chi connectivity index (χ1n) is 8.68. The van der Waals surface area contributed by atoms with Crippen LogP contribution < -0.4 is 14.8 Å². The fourth-order valence-corrected chi connectivity index (χ4v) is 2.37. The van der Waals surface area contributed by atoms with Crippen LogP contribution in [0.4, 0.5) is 23.2 Å². The largest absolute Gasteiger partial charge is 0.466 e. The normalized spacial score (nSPS) is 12.0. The van der Waals surface area contributed by atoms with Gasteiger partial charge in [-0.15, -0.1) is 0 Å². The molecule has 1 aromatic heterocycles. The fourth-order valence-electron chi connectivity index (χ4n) is 2.19. The van der Waals surface area contributed by atoms with E-state index in [9.17, 15) is 31.9 Å². The molecule has 0 fully saturated rings. The molecule has 13 heteroatoms. The molecule has 1 atom stereocenters. The summed E-state index contributed by atoms with van der Waals surface area (Å²) >= 11 is 5.95. The molecule has 32 heavy (non-hydrogen) atoms. The van der Waals surface area contributed by atoms with E-state index in [1.165, 1.54) is 25.3 Å². The molecule has 0 aliphatic heterocycles. The molecule has 0 aliphatic carbocycles. The quantitative estimate of drug-likeness (QED) is 0.346. The molecule has 0 radical (unpaired) electrons. The Kier molecular flexibility index (Phi) is 7.97. The standard InChI is InChI=1S/C19H15ClF4N2O6/c1-9(18(29)30-2)31-17-13(4-3-5-25-17)32-14-7-12(11(21)6-10(14)20)26-16(28)8-15(27)19(22,23)24/h3-7,9H,8H2,1-2H3,(H,26,28). The summed E-state index contributed by atoms with van der Waals surface area (Å²) in [6.45, 7) is 1.39. The topological polar surface area (TPSA) is 104 Å². The van der Waals surface area contributed by atoms with Gasteiger partial charge in [-0.1, -0.05) is 11.6 Å². The molecule has 0 saturated carbocycles. The van der Waals surface area contributed by atoms with Crippen molar-refractivity contribution >= 4 is 34.9 Å². The van der Waals surface area contributed by atoms with E-state index >= 15 is 0 Å². The van der Waals surface area contributed by atoms with E-state index in [-0.39, 0.29) is 22.4 Å². The number of nitrogens with one attached hydrogen (secondary N) is 1. The van der Waals surface area contributed by atoms with Crippen LogP contribution in [0.15, 0.2) is 30.5 Å². The number of halogens is 5. The Bertz CT molecular complexity index is 1030. The second kappa shape index (κ2) is 10.3. The highest BCUT2D eigenvalue weighted by Crippen LogP contribution is 2.37. The van der Waals surface area contributed by atoms with Crippen LogP contribution in [0.2, 0.25) is 5.02 Å². The van der Waals surface area contributed by atoms with E-state index < -0.39 is 47.9 Å². The van der Waals surface area contributed by atoms with Gasteiger partial charge in [-0.3, -0.25) is 9.59 Å². The SMILES string of the molecule is COC(=O)C(C)Oc1ncccc1Oc1cc(NC(=O)CC(=O)C(F)(F)F)c(F)cc1Cl. The van der Waals surface area contributed by atoms with Gasteiger partial charge in [0.15, 0.2) is 11.9 Å². The Morgan fingerprint density at radius 2 is 1.91 bits per heavy atom. The predicted octanol–water partition coefficient (Wildman–Crippen LogP) is 4.07. The van der Waals surface area contributed by atoms with E-state index in [0.717, 1.165) is 19.2 Å². The number of esters is 1. The molecule has 1 amide bonds. The number of aromatic nitrogens is 1. The summed E-state index contributed by atoms with van der Waals surface area (Å²) in [6, 6.07) is 4.47. The second-order valence-electron chi connectivity index (χ2n) is 6.10. The van der Waals surface area contributed by atoms with Gasteiger partial charge in [-0.05, 0) is 25.1 Å². The summed E-state index contributed by atoms with van der Waals surface area (Å²) in [5.41, 5.74) is -0.585. The number of hydrogen-bond donors (Lipinski definition) is 1. The Labute approximate surface area is 183 Å². The van der Waals surface area contributed by atoms with Gasteiger partial charge < -0.3 is 19.5 Å². The van der Waals surface area contributed by atoms with E-state index in [4.69, 9.17) is 21.1 Å². The van der Waals surface area contributed by atoms with Crippen LogP contribution in [0.5, 0.6) is 17.4 Å². The number of amides is 1. The number of alkyl halides is 3. The van der Waals surface area contributed by atoms with Crippen molar-refractivity contribution in [1.82, 2.24) is 4.98 Å². The van der Waals surface area contributed by atoms with Gasteiger partial charge in [0.1, 0.15) is 11.6 Å². The summed E-state index contributed by atoms with van der Waals surface area (Å²) < 4.78 is 66.5. The number of ketones is 1. The van der Waals surface area contributed by atoms with E-state index in [1.54, 1.807) is 0 Å². The highest BCUT2D eigenvalue weighted by atomic mass is 35.5. The lowest BCUT2D eigenvalue weighted by atomic mass is 10.2. The molecule has 1 heterocycles. The van der Waals surface area contributed by atoms with Crippen molar-refractivity contribution in [3.8, 4) is 17.4 Å². The molecule has 8 nitrogen and oxygen atoms in total. The summed E-state index contributed by atoms with van der Waals surface area (Å²) in [7, 11) is 1.16. The minimum Gasteiger partial charge on any atom is -0.466 e. The second-order valence-corrected chi connectivity index (χ2v) is 6.51. The summed E-state index contributed by atoms with van der Waals surface area (Å²) in [6.07, 6.45) is -6.46. The first kappa shape index (κ1) is 24.9. The molecule has 0 bridgehead atoms. The van der Waals surface area contributed by atoms with Crippen LogP contribution >= 0.6 is 11.6 Å². The maximum absolute atomic E-state index is 14.1. The van der Waals surface area contributed by atoms with Crippen LogP contribution in [0.3, 0.4) is 0 Å². The van der Waals surface area contributed by atoms with Gasteiger partial charge >= 0.3 is 12.1 Å².